The maximum Gasteiger partial charge on any atom is 0.309 e. The average molecular weight is 305 g/mol. The van der Waals surface area contributed by atoms with E-state index in [9.17, 15) is 18.3 Å². The lowest BCUT2D eigenvalue weighted by Crippen LogP contribution is -2.22. The molecule has 2 aromatic carbocycles. The van der Waals surface area contributed by atoms with Crippen molar-refractivity contribution in [2.24, 2.45) is 0 Å². The zero-order chi connectivity index (χ0) is 15.3. The standard InChI is InChI=1S/C15H14O5S/c16-15(17)13-7-4-8-14(11-13)20-21(18,19)10-9-12-5-2-1-3-6-12/h1-8,11H,9-10H2,(H,16,17)/p-1. The summed E-state index contributed by atoms with van der Waals surface area (Å²) in [5.41, 5.74) is 0.749. The van der Waals surface area contributed by atoms with Crippen LogP contribution in [0.2, 0.25) is 0 Å². The SMILES string of the molecule is O=C([O-])c1cccc(OS(=O)(=O)CCc2ccccc2)c1. The Kier molecular flexibility index (Phi) is 4.59. The lowest BCUT2D eigenvalue weighted by molar-refractivity contribution is -0.255. The molecule has 0 saturated heterocycles. The van der Waals surface area contributed by atoms with Crippen LogP contribution < -0.4 is 9.29 Å². The first-order valence-corrected chi connectivity index (χ1v) is 7.81. The predicted octanol–water partition coefficient (Wildman–Crippen LogP) is 1.00. The van der Waals surface area contributed by atoms with Crippen LogP contribution in [0.4, 0.5) is 0 Å². The second-order valence-corrected chi connectivity index (χ2v) is 6.09. The van der Waals surface area contributed by atoms with Gasteiger partial charge in [0.05, 0.1) is 11.7 Å². The highest BCUT2D eigenvalue weighted by Crippen LogP contribution is 2.16. The molecule has 0 radical (unpaired) electrons. The Balaban J connectivity index is 2.04. The molecule has 0 heterocycles. The quantitative estimate of drug-likeness (QED) is 0.743. The third-order valence-electron chi connectivity index (χ3n) is 2.78. The van der Waals surface area contributed by atoms with E-state index < -0.39 is 16.1 Å². The molecule has 0 spiro atoms. The maximum atomic E-state index is 11.9. The second kappa shape index (κ2) is 6.41. The molecule has 21 heavy (non-hydrogen) atoms. The van der Waals surface area contributed by atoms with Gasteiger partial charge < -0.3 is 14.1 Å². The van der Waals surface area contributed by atoms with Crippen molar-refractivity contribution in [2.75, 3.05) is 5.75 Å². The third-order valence-corrected chi connectivity index (χ3v) is 3.93. The zero-order valence-electron chi connectivity index (χ0n) is 11.1. The number of benzene rings is 2. The molecule has 0 saturated carbocycles. The summed E-state index contributed by atoms with van der Waals surface area (Å²) in [4.78, 5) is 10.7. The lowest BCUT2D eigenvalue weighted by Gasteiger charge is -2.09. The highest BCUT2D eigenvalue weighted by atomic mass is 32.2. The van der Waals surface area contributed by atoms with Crippen molar-refractivity contribution in [1.29, 1.82) is 0 Å². The van der Waals surface area contributed by atoms with Crippen molar-refractivity contribution in [3.8, 4) is 5.75 Å². The van der Waals surface area contributed by atoms with Gasteiger partial charge in [-0.3, -0.25) is 0 Å². The summed E-state index contributed by atoms with van der Waals surface area (Å²) < 4.78 is 28.6. The molecular weight excluding hydrogens is 292 g/mol. The van der Waals surface area contributed by atoms with Gasteiger partial charge in [0, 0.05) is 5.56 Å². The molecule has 0 aliphatic carbocycles. The minimum Gasteiger partial charge on any atom is -0.545 e. The number of carbonyl (C=O) groups excluding carboxylic acids is 1. The smallest absolute Gasteiger partial charge is 0.309 e. The summed E-state index contributed by atoms with van der Waals surface area (Å²) in [6.45, 7) is 0. The van der Waals surface area contributed by atoms with Gasteiger partial charge in [0.1, 0.15) is 5.75 Å². The van der Waals surface area contributed by atoms with Crippen molar-refractivity contribution in [3.05, 3.63) is 65.7 Å². The highest BCUT2D eigenvalue weighted by Gasteiger charge is 2.13. The van der Waals surface area contributed by atoms with Gasteiger partial charge >= 0.3 is 10.1 Å². The zero-order valence-corrected chi connectivity index (χ0v) is 11.9. The average Bonchev–Trinajstić information content (AvgIpc) is 2.46. The predicted molar refractivity (Wildman–Crippen MR) is 75.3 cm³/mol. The fourth-order valence-electron chi connectivity index (χ4n) is 1.75. The van der Waals surface area contributed by atoms with E-state index >= 15 is 0 Å². The Morgan fingerprint density at radius 2 is 1.76 bits per heavy atom. The Morgan fingerprint density at radius 1 is 1.05 bits per heavy atom. The Labute approximate surface area is 122 Å². The molecule has 110 valence electrons. The topological polar surface area (TPSA) is 83.5 Å². The number of carbonyl (C=O) groups is 1. The molecule has 6 heteroatoms. The summed E-state index contributed by atoms with van der Waals surface area (Å²) in [6.07, 6.45) is 0.323. The third kappa shape index (κ3) is 4.61. The molecule has 0 atom stereocenters. The molecule has 5 nitrogen and oxygen atoms in total. The molecular formula is C15H13O5S-. The highest BCUT2D eigenvalue weighted by molar-refractivity contribution is 7.87. The number of carboxylic acid groups (broad SMARTS) is 1. The molecule has 0 aromatic heterocycles. The minimum atomic E-state index is -3.79. The van der Waals surface area contributed by atoms with Gasteiger partial charge in [-0.15, -0.1) is 0 Å². The first kappa shape index (κ1) is 15.1. The van der Waals surface area contributed by atoms with Gasteiger partial charge in [-0.2, -0.15) is 8.42 Å². The Morgan fingerprint density at radius 3 is 2.43 bits per heavy atom. The lowest BCUT2D eigenvalue weighted by atomic mass is 10.2. The van der Waals surface area contributed by atoms with Crippen LogP contribution in [0, 0.1) is 0 Å². The minimum absolute atomic E-state index is 0.0373. The van der Waals surface area contributed by atoms with Gasteiger partial charge in [-0.25, -0.2) is 0 Å². The number of rotatable bonds is 6. The van der Waals surface area contributed by atoms with Crippen LogP contribution in [0.25, 0.3) is 0 Å². The van der Waals surface area contributed by atoms with Crippen molar-refractivity contribution in [3.63, 3.8) is 0 Å². The molecule has 0 fully saturated rings. The summed E-state index contributed by atoms with van der Waals surface area (Å²) >= 11 is 0. The van der Waals surface area contributed by atoms with Crippen LogP contribution >= 0.6 is 0 Å². The monoisotopic (exact) mass is 305 g/mol. The summed E-state index contributed by atoms with van der Waals surface area (Å²) in [5.74, 6) is -1.61. The van der Waals surface area contributed by atoms with E-state index in [1.807, 2.05) is 30.3 Å². The van der Waals surface area contributed by atoms with Crippen LogP contribution in [-0.2, 0) is 16.5 Å². The normalized spacial score (nSPS) is 11.0. The number of carboxylic acids is 1. The van der Waals surface area contributed by atoms with Crippen LogP contribution in [0.15, 0.2) is 54.6 Å². The molecule has 0 aliphatic heterocycles. The summed E-state index contributed by atoms with van der Waals surface area (Å²) in [6, 6.07) is 14.4. The van der Waals surface area contributed by atoms with E-state index in [-0.39, 0.29) is 17.1 Å². The van der Waals surface area contributed by atoms with Crippen LogP contribution in [0.5, 0.6) is 5.75 Å². The van der Waals surface area contributed by atoms with Gasteiger partial charge in [0.2, 0.25) is 0 Å². The molecule has 0 unspecified atom stereocenters. The molecule has 0 amide bonds. The van der Waals surface area contributed by atoms with Gasteiger partial charge in [-0.1, -0.05) is 42.5 Å². The summed E-state index contributed by atoms with van der Waals surface area (Å²) in [7, 11) is -3.79. The van der Waals surface area contributed by atoms with Crippen LogP contribution in [0.3, 0.4) is 0 Å². The van der Waals surface area contributed by atoms with Crippen molar-refractivity contribution in [1.82, 2.24) is 0 Å². The Bertz CT molecular complexity index is 723. The van der Waals surface area contributed by atoms with E-state index in [0.29, 0.717) is 6.42 Å². The molecule has 2 aromatic rings. The molecule has 0 aliphatic rings. The van der Waals surface area contributed by atoms with Gasteiger partial charge in [0.15, 0.2) is 0 Å². The van der Waals surface area contributed by atoms with Crippen molar-refractivity contribution >= 4 is 16.1 Å². The van der Waals surface area contributed by atoms with E-state index in [0.717, 1.165) is 11.6 Å². The number of hydrogen-bond acceptors (Lipinski definition) is 5. The van der Waals surface area contributed by atoms with Gasteiger partial charge in [-0.05, 0) is 24.1 Å². The van der Waals surface area contributed by atoms with Crippen LogP contribution in [0.1, 0.15) is 15.9 Å². The van der Waals surface area contributed by atoms with Crippen molar-refractivity contribution in [2.45, 2.75) is 6.42 Å². The maximum absolute atomic E-state index is 11.9. The Hall–Kier alpha value is -2.34. The van der Waals surface area contributed by atoms with E-state index in [4.69, 9.17) is 4.18 Å². The number of aromatic carboxylic acids is 1. The number of hydrogen-bond donors (Lipinski definition) is 0. The number of aryl methyl sites for hydroxylation is 1. The molecule has 0 N–H and O–H groups in total. The molecule has 2 rings (SSSR count). The fourth-order valence-corrected chi connectivity index (χ4v) is 2.72. The first-order valence-electron chi connectivity index (χ1n) is 6.24. The van der Waals surface area contributed by atoms with Crippen LogP contribution in [-0.4, -0.2) is 20.1 Å². The van der Waals surface area contributed by atoms with Gasteiger partial charge in [0.25, 0.3) is 0 Å². The molecule has 0 bridgehead atoms. The summed E-state index contributed by atoms with van der Waals surface area (Å²) in [5, 5.41) is 10.7. The first-order chi connectivity index (χ1) is 9.96. The second-order valence-electron chi connectivity index (χ2n) is 4.40. The largest absolute Gasteiger partial charge is 0.545 e. The van der Waals surface area contributed by atoms with E-state index in [1.165, 1.54) is 18.2 Å². The fraction of sp³-hybridized carbons (Fsp3) is 0.133. The van der Waals surface area contributed by atoms with E-state index in [1.54, 1.807) is 0 Å². The van der Waals surface area contributed by atoms with Crippen molar-refractivity contribution < 1.29 is 22.5 Å². The van der Waals surface area contributed by atoms with E-state index in [2.05, 4.69) is 0 Å².